The van der Waals surface area contributed by atoms with Gasteiger partial charge < -0.3 is 10.6 Å². The Bertz CT molecular complexity index is 519. The van der Waals surface area contributed by atoms with Crippen LogP contribution in [0.15, 0.2) is 0 Å². The molecule has 3 rings (SSSR count). The maximum Gasteiger partial charge on any atom is 0.220 e. The average Bonchev–Trinajstić information content (AvgIpc) is 2.70. The first-order valence-electron chi connectivity index (χ1n) is 12.9. The van der Waals surface area contributed by atoms with Crippen molar-refractivity contribution in [1.29, 1.82) is 0 Å². The molecular weight excluding hydrogens is 372 g/mol. The summed E-state index contributed by atoms with van der Waals surface area (Å²) in [5, 5.41) is 6.68. The molecule has 4 heteroatoms. The minimum absolute atomic E-state index is 0.252. The van der Waals surface area contributed by atoms with Gasteiger partial charge in [-0.15, -0.1) is 0 Å². The minimum Gasteiger partial charge on any atom is -0.353 e. The van der Waals surface area contributed by atoms with Crippen LogP contribution in [0.1, 0.15) is 105 Å². The van der Waals surface area contributed by atoms with E-state index in [1.54, 1.807) is 0 Å². The molecule has 4 nitrogen and oxygen atoms in total. The summed E-state index contributed by atoms with van der Waals surface area (Å²) in [4.78, 5) is 25.2. The predicted octanol–water partition coefficient (Wildman–Crippen LogP) is 5.45. The third-order valence-electron chi connectivity index (χ3n) is 9.02. The van der Waals surface area contributed by atoms with Gasteiger partial charge in [-0.3, -0.25) is 9.59 Å². The van der Waals surface area contributed by atoms with Crippen molar-refractivity contribution in [3.05, 3.63) is 0 Å². The Balaban J connectivity index is 1.34. The number of hydrogen-bond acceptors (Lipinski definition) is 2. The van der Waals surface area contributed by atoms with Crippen LogP contribution in [0.4, 0.5) is 0 Å². The van der Waals surface area contributed by atoms with Gasteiger partial charge in [0.2, 0.25) is 11.8 Å². The van der Waals surface area contributed by atoms with Crippen molar-refractivity contribution in [2.45, 2.75) is 117 Å². The van der Waals surface area contributed by atoms with Crippen LogP contribution in [0.25, 0.3) is 0 Å². The molecule has 0 saturated heterocycles. The Hall–Kier alpha value is -1.06. The lowest BCUT2D eigenvalue weighted by molar-refractivity contribution is -0.125. The van der Waals surface area contributed by atoms with Crippen LogP contribution in [0, 0.1) is 35.5 Å². The van der Waals surface area contributed by atoms with Gasteiger partial charge in [0.25, 0.3) is 0 Å². The molecule has 3 aliphatic carbocycles. The van der Waals surface area contributed by atoms with Gasteiger partial charge in [-0.2, -0.15) is 0 Å². The summed E-state index contributed by atoms with van der Waals surface area (Å²) >= 11 is 0. The van der Waals surface area contributed by atoms with Crippen molar-refractivity contribution in [1.82, 2.24) is 10.6 Å². The normalized spacial score (nSPS) is 39.9. The molecule has 172 valence electrons. The molecule has 0 aromatic heterocycles. The van der Waals surface area contributed by atoms with E-state index in [1.807, 2.05) is 0 Å². The van der Waals surface area contributed by atoms with E-state index < -0.39 is 0 Å². The van der Waals surface area contributed by atoms with Gasteiger partial charge in [0, 0.05) is 24.9 Å². The van der Waals surface area contributed by atoms with E-state index in [4.69, 9.17) is 0 Å². The van der Waals surface area contributed by atoms with Crippen LogP contribution in [0.3, 0.4) is 0 Å². The molecule has 0 aromatic rings. The predicted molar refractivity (Wildman–Crippen MR) is 123 cm³/mol. The fraction of sp³-hybridized carbons (Fsp3) is 0.923. The summed E-state index contributed by atoms with van der Waals surface area (Å²) in [5.41, 5.74) is 0. The van der Waals surface area contributed by atoms with Gasteiger partial charge >= 0.3 is 0 Å². The van der Waals surface area contributed by atoms with E-state index in [2.05, 4.69) is 38.3 Å². The van der Waals surface area contributed by atoms with Crippen LogP contribution >= 0.6 is 0 Å². The summed E-state index contributed by atoms with van der Waals surface area (Å²) < 4.78 is 0. The maximum absolute atomic E-state index is 12.6. The Morgan fingerprint density at radius 2 is 0.967 bits per heavy atom. The summed E-state index contributed by atoms with van der Waals surface area (Å²) in [6.45, 7) is 9.21. The summed E-state index contributed by atoms with van der Waals surface area (Å²) in [7, 11) is 0. The Kier molecular flexibility index (Phi) is 8.65. The first kappa shape index (κ1) is 23.6. The number of amides is 2. The first-order chi connectivity index (χ1) is 14.3. The quantitative estimate of drug-likeness (QED) is 0.602. The van der Waals surface area contributed by atoms with E-state index in [9.17, 15) is 9.59 Å². The van der Waals surface area contributed by atoms with Crippen molar-refractivity contribution in [3.8, 4) is 0 Å². The fourth-order valence-electron chi connectivity index (χ4n) is 6.27. The van der Waals surface area contributed by atoms with Crippen LogP contribution < -0.4 is 10.6 Å². The third kappa shape index (κ3) is 6.47. The fourth-order valence-corrected chi connectivity index (χ4v) is 6.27. The number of nitrogens with one attached hydrogen (secondary N) is 2. The second kappa shape index (κ2) is 11.0. The zero-order chi connectivity index (χ0) is 21.7. The average molecular weight is 419 g/mol. The Labute approximate surface area is 184 Å². The molecule has 0 aromatic carbocycles. The second-order valence-electron chi connectivity index (χ2n) is 11.2. The molecule has 0 spiro atoms. The molecule has 3 aliphatic rings. The maximum atomic E-state index is 12.6. The lowest BCUT2D eigenvalue weighted by Crippen LogP contribution is -2.44. The van der Waals surface area contributed by atoms with E-state index in [-0.39, 0.29) is 11.8 Å². The SMILES string of the molecule is CC1CCCC(NC(=O)CC2CCC(CC(=O)NC3CCCC(C)C3C)CC2)C1C. The first-order valence-corrected chi connectivity index (χ1v) is 12.9. The summed E-state index contributed by atoms with van der Waals surface area (Å²) in [5.74, 6) is 4.11. The highest BCUT2D eigenvalue weighted by Crippen LogP contribution is 2.34. The highest BCUT2D eigenvalue weighted by Gasteiger charge is 2.31. The molecule has 3 fully saturated rings. The smallest absolute Gasteiger partial charge is 0.220 e. The van der Waals surface area contributed by atoms with E-state index in [0.717, 1.165) is 38.5 Å². The van der Waals surface area contributed by atoms with E-state index >= 15 is 0 Å². The highest BCUT2D eigenvalue weighted by atomic mass is 16.2. The van der Waals surface area contributed by atoms with Crippen LogP contribution in [0.5, 0.6) is 0 Å². The van der Waals surface area contributed by atoms with Crippen molar-refractivity contribution in [2.24, 2.45) is 35.5 Å². The van der Waals surface area contributed by atoms with Gasteiger partial charge in [0.1, 0.15) is 0 Å². The molecule has 2 N–H and O–H groups in total. The van der Waals surface area contributed by atoms with Gasteiger partial charge in [0.05, 0.1) is 0 Å². The zero-order valence-electron chi connectivity index (χ0n) is 19.9. The van der Waals surface area contributed by atoms with Gasteiger partial charge in [-0.05, 0) is 74.0 Å². The van der Waals surface area contributed by atoms with Gasteiger partial charge in [-0.25, -0.2) is 0 Å². The molecule has 3 saturated carbocycles. The van der Waals surface area contributed by atoms with Gasteiger partial charge in [0.15, 0.2) is 0 Å². The van der Waals surface area contributed by atoms with Gasteiger partial charge in [-0.1, -0.05) is 53.4 Å². The molecule has 6 atom stereocenters. The number of hydrogen-bond donors (Lipinski definition) is 2. The monoisotopic (exact) mass is 418 g/mol. The molecule has 0 bridgehead atoms. The van der Waals surface area contributed by atoms with Crippen molar-refractivity contribution < 1.29 is 9.59 Å². The Morgan fingerprint density at radius 1 is 0.600 bits per heavy atom. The lowest BCUT2D eigenvalue weighted by Gasteiger charge is -2.36. The highest BCUT2D eigenvalue weighted by molar-refractivity contribution is 5.77. The standard InChI is InChI=1S/C26H46N2O2/c1-17-7-5-9-23(19(17)3)27-25(29)15-21-11-13-22(14-12-21)16-26(30)28-24-10-6-8-18(2)20(24)4/h17-24H,5-16H2,1-4H3,(H,27,29)(H,28,30). The van der Waals surface area contributed by atoms with Crippen LogP contribution in [0.2, 0.25) is 0 Å². The summed E-state index contributed by atoms with van der Waals surface area (Å²) in [6.07, 6.45) is 13.1. The summed E-state index contributed by atoms with van der Waals surface area (Å²) in [6, 6.07) is 0.734. The third-order valence-corrected chi connectivity index (χ3v) is 9.02. The van der Waals surface area contributed by atoms with Crippen molar-refractivity contribution in [3.63, 3.8) is 0 Å². The zero-order valence-corrected chi connectivity index (χ0v) is 19.9. The number of rotatable bonds is 6. The van der Waals surface area contributed by atoms with E-state index in [0.29, 0.717) is 60.4 Å². The molecule has 6 unspecified atom stereocenters. The minimum atomic E-state index is 0.252. The van der Waals surface area contributed by atoms with E-state index in [1.165, 1.54) is 25.7 Å². The van der Waals surface area contributed by atoms with Crippen molar-refractivity contribution in [2.75, 3.05) is 0 Å². The molecular formula is C26H46N2O2. The lowest BCUT2D eigenvalue weighted by atomic mass is 9.77. The topological polar surface area (TPSA) is 58.2 Å². The molecule has 2 amide bonds. The number of carbonyl (C=O) groups excluding carboxylic acids is 2. The molecule has 0 heterocycles. The van der Waals surface area contributed by atoms with Crippen molar-refractivity contribution >= 4 is 11.8 Å². The molecule has 0 aliphatic heterocycles. The molecule has 0 radical (unpaired) electrons. The molecule has 30 heavy (non-hydrogen) atoms. The number of carbonyl (C=O) groups is 2. The Morgan fingerprint density at radius 3 is 1.33 bits per heavy atom. The van der Waals surface area contributed by atoms with Crippen LogP contribution in [-0.4, -0.2) is 23.9 Å². The van der Waals surface area contributed by atoms with Crippen LogP contribution in [-0.2, 0) is 9.59 Å². The second-order valence-corrected chi connectivity index (χ2v) is 11.2. The largest absolute Gasteiger partial charge is 0.353 e.